The predicted octanol–water partition coefficient (Wildman–Crippen LogP) is 4.31. The van der Waals surface area contributed by atoms with Crippen LogP contribution < -0.4 is 10.4 Å². The van der Waals surface area contributed by atoms with E-state index in [1.807, 2.05) is 12.1 Å². The highest BCUT2D eigenvalue weighted by Gasteiger charge is 2.16. The maximum Gasteiger partial charge on any atom is 0.343 e. The predicted molar refractivity (Wildman–Crippen MR) is 92.6 cm³/mol. The van der Waals surface area contributed by atoms with Gasteiger partial charge in [0, 0.05) is 0 Å². The summed E-state index contributed by atoms with van der Waals surface area (Å²) in [6, 6.07) is 15.4. The molecule has 2 aromatic carbocycles. The highest BCUT2D eigenvalue weighted by molar-refractivity contribution is 5.94. The molecule has 0 amide bonds. The van der Waals surface area contributed by atoms with Gasteiger partial charge in [-0.3, -0.25) is 0 Å². The second-order valence-corrected chi connectivity index (χ2v) is 6.64. The maximum atomic E-state index is 12.4. The van der Waals surface area contributed by atoms with Crippen LogP contribution >= 0.6 is 0 Å². The number of benzene rings is 2. The van der Waals surface area contributed by atoms with E-state index in [1.54, 1.807) is 36.4 Å². The molecule has 0 saturated carbocycles. The monoisotopic (exact) mass is 322 g/mol. The van der Waals surface area contributed by atoms with E-state index in [4.69, 9.17) is 9.15 Å². The number of fused-ring (bicyclic) bond motifs is 1. The van der Waals surface area contributed by atoms with E-state index in [1.165, 1.54) is 6.07 Å². The standard InChI is InChI=1S/C20H18O4/c1-20(2,3)14-10-8-13(9-11-14)19(22)24-17-12-18(21)23-16-7-5-4-6-15(16)17/h4-12H,1-3H3. The Morgan fingerprint density at radius 1 is 1.00 bits per heavy atom. The topological polar surface area (TPSA) is 56.5 Å². The zero-order chi connectivity index (χ0) is 17.3. The van der Waals surface area contributed by atoms with E-state index < -0.39 is 11.6 Å². The van der Waals surface area contributed by atoms with Crippen LogP contribution in [-0.4, -0.2) is 5.97 Å². The van der Waals surface area contributed by atoms with E-state index in [0.29, 0.717) is 16.5 Å². The van der Waals surface area contributed by atoms with Crippen molar-refractivity contribution in [1.82, 2.24) is 0 Å². The zero-order valence-electron chi connectivity index (χ0n) is 13.8. The fourth-order valence-electron chi connectivity index (χ4n) is 2.43. The summed E-state index contributed by atoms with van der Waals surface area (Å²) in [4.78, 5) is 24.0. The minimum Gasteiger partial charge on any atom is -0.422 e. The third kappa shape index (κ3) is 3.23. The molecule has 0 aliphatic heterocycles. The van der Waals surface area contributed by atoms with Gasteiger partial charge in [0.05, 0.1) is 17.0 Å². The quantitative estimate of drug-likeness (QED) is 0.521. The molecular weight excluding hydrogens is 304 g/mol. The molecule has 0 aliphatic carbocycles. The van der Waals surface area contributed by atoms with Gasteiger partial charge in [0.2, 0.25) is 0 Å². The van der Waals surface area contributed by atoms with E-state index in [9.17, 15) is 9.59 Å². The summed E-state index contributed by atoms with van der Waals surface area (Å²) in [7, 11) is 0. The van der Waals surface area contributed by atoms with Crippen molar-refractivity contribution in [2.75, 3.05) is 0 Å². The lowest BCUT2D eigenvalue weighted by Crippen LogP contribution is -2.13. The van der Waals surface area contributed by atoms with Gasteiger partial charge in [0.1, 0.15) is 11.3 Å². The average molecular weight is 322 g/mol. The molecule has 0 N–H and O–H groups in total. The van der Waals surface area contributed by atoms with Gasteiger partial charge in [0.15, 0.2) is 0 Å². The Morgan fingerprint density at radius 2 is 1.67 bits per heavy atom. The first kappa shape index (κ1) is 16.0. The summed E-state index contributed by atoms with van der Waals surface area (Å²) >= 11 is 0. The molecule has 0 fully saturated rings. The fourth-order valence-corrected chi connectivity index (χ4v) is 2.43. The second kappa shape index (κ2) is 5.96. The van der Waals surface area contributed by atoms with Crippen LogP contribution in [-0.2, 0) is 5.41 Å². The molecule has 0 saturated heterocycles. The Balaban J connectivity index is 1.92. The number of rotatable bonds is 2. The van der Waals surface area contributed by atoms with Crippen LogP contribution in [0.15, 0.2) is 63.8 Å². The van der Waals surface area contributed by atoms with Crippen LogP contribution in [0.2, 0.25) is 0 Å². The van der Waals surface area contributed by atoms with Gasteiger partial charge in [-0.25, -0.2) is 9.59 Å². The number of carbonyl (C=O) groups is 1. The van der Waals surface area contributed by atoms with Crippen molar-refractivity contribution in [1.29, 1.82) is 0 Å². The molecule has 1 aromatic heterocycles. The van der Waals surface area contributed by atoms with Crippen molar-refractivity contribution in [2.24, 2.45) is 0 Å². The van der Waals surface area contributed by atoms with Gasteiger partial charge in [-0.05, 0) is 35.2 Å². The lowest BCUT2D eigenvalue weighted by atomic mass is 9.87. The molecule has 0 radical (unpaired) electrons. The molecule has 0 aliphatic rings. The fraction of sp³-hybridized carbons (Fsp3) is 0.200. The number of esters is 1. The summed E-state index contributed by atoms with van der Waals surface area (Å²) < 4.78 is 10.5. The summed E-state index contributed by atoms with van der Waals surface area (Å²) in [5, 5.41) is 0.580. The third-order valence-electron chi connectivity index (χ3n) is 3.80. The smallest absolute Gasteiger partial charge is 0.343 e. The Hall–Kier alpha value is -2.88. The molecule has 1 heterocycles. The third-order valence-corrected chi connectivity index (χ3v) is 3.80. The molecule has 0 spiro atoms. The van der Waals surface area contributed by atoms with Crippen LogP contribution in [0.25, 0.3) is 11.0 Å². The molecule has 24 heavy (non-hydrogen) atoms. The number of carbonyl (C=O) groups excluding carboxylic acids is 1. The highest BCUT2D eigenvalue weighted by Crippen LogP contribution is 2.25. The summed E-state index contributed by atoms with van der Waals surface area (Å²) in [6.45, 7) is 6.32. The lowest BCUT2D eigenvalue weighted by Gasteiger charge is -2.18. The lowest BCUT2D eigenvalue weighted by molar-refractivity contribution is 0.0736. The molecule has 122 valence electrons. The van der Waals surface area contributed by atoms with Gasteiger partial charge < -0.3 is 9.15 Å². The van der Waals surface area contributed by atoms with Gasteiger partial charge >= 0.3 is 11.6 Å². The number of hydrogen-bond donors (Lipinski definition) is 0. The first-order chi connectivity index (χ1) is 11.3. The Morgan fingerprint density at radius 3 is 2.33 bits per heavy atom. The van der Waals surface area contributed by atoms with Crippen molar-refractivity contribution in [3.05, 3.63) is 76.1 Å². The van der Waals surface area contributed by atoms with Gasteiger partial charge in [-0.2, -0.15) is 0 Å². The van der Waals surface area contributed by atoms with E-state index in [2.05, 4.69) is 20.8 Å². The molecule has 4 nitrogen and oxygen atoms in total. The van der Waals surface area contributed by atoms with Gasteiger partial charge in [-0.1, -0.05) is 45.0 Å². The average Bonchev–Trinajstić information content (AvgIpc) is 2.54. The van der Waals surface area contributed by atoms with Crippen LogP contribution in [0.3, 0.4) is 0 Å². The molecular formula is C20H18O4. The van der Waals surface area contributed by atoms with E-state index in [0.717, 1.165) is 5.56 Å². The highest BCUT2D eigenvalue weighted by atomic mass is 16.5. The molecule has 3 rings (SSSR count). The summed E-state index contributed by atoms with van der Waals surface area (Å²) in [5.74, 6) is -0.307. The number of ether oxygens (including phenoxy) is 1. The minimum atomic E-state index is -0.556. The first-order valence-corrected chi connectivity index (χ1v) is 7.70. The van der Waals surface area contributed by atoms with Crippen molar-refractivity contribution in [2.45, 2.75) is 26.2 Å². The van der Waals surface area contributed by atoms with Crippen molar-refractivity contribution >= 4 is 16.9 Å². The molecule has 4 heteroatoms. The SMILES string of the molecule is CC(C)(C)c1ccc(C(=O)Oc2cc(=O)oc3ccccc23)cc1. The summed E-state index contributed by atoms with van der Waals surface area (Å²) in [5.41, 5.74) is 1.40. The number of hydrogen-bond acceptors (Lipinski definition) is 4. The van der Waals surface area contributed by atoms with Gasteiger partial charge in [0.25, 0.3) is 0 Å². The normalized spacial score (nSPS) is 11.5. The van der Waals surface area contributed by atoms with Gasteiger partial charge in [-0.15, -0.1) is 0 Å². The minimum absolute atomic E-state index is 0.0109. The Labute approximate surface area is 139 Å². The zero-order valence-corrected chi connectivity index (χ0v) is 13.8. The van der Waals surface area contributed by atoms with Crippen LogP contribution in [0.5, 0.6) is 5.75 Å². The van der Waals surface area contributed by atoms with Crippen LogP contribution in [0.4, 0.5) is 0 Å². The summed E-state index contributed by atoms with van der Waals surface area (Å²) in [6.07, 6.45) is 0. The van der Waals surface area contributed by atoms with Crippen LogP contribution in [0, 0.1) is 0 Å². The Kier molecular flexibility index (Phi) is 3.97. The van der Waals surface area contributed by atoms with E-state index in [-0.39, 0.29) is 11.2 Å². The molecule has 0 unspecified atom stereocenters. The first-order valence-electron chi connectivity index (χ1n) is 7.70. The largest absolute Gasteiger partial charge is 0.422 e. The molecule has 0 bridgehead atoms. The van der Waals surface area contributed by atoms with Crippen molar-refractivity contribution in [3.63, 3.8) is 0 Å². The van der Waals surface area contributed by atoms with Crippen molar-refractivity contribution < 1.29 is 13.9 Å². The van der Waals surface area contributed by atoms with E-state index >= 15 is 0 Å². The Bertz CT molecular complexity index is 944. The molecule has 0 atom stereocenters. The number of para-hydroxylation sites is 1. The molecule has 3 aromatic rings. The van der Waals surface area contributed by atoms with Crippen LogP contribution in [0.1, 0.15) is 36.7 Å². The second-order valence-electron chi connectivity index (χ2n) is 6.64. The van der Waals surface area contributed by atoms with Crippen molar-refractivity contribution in [3.8, 4) is 5.75 Å². The maximum absolute atomic E-state index is 12.4.